The Morgan fingerprint density at radius 3 is 2.67 bits per heavy atom. The fourth-order valence-electron chi connectivity index (χ4n) is 8.90. The van der Waals surface area contributed by atoms with Gasteiger partial charge < -0.3 is 19.8 Å². The fourth-order valence-corrected chi connectivity index (χ4v) is 8.90. The molecule has 6 nitrogen and oxygen atoms in total. The highest BCUT2D eigenvalue weighted by molar-refractivity contribution is 5.92. The lowest BCUT2D eigenvalue weighted by Gasteiger charge is -2.66. The smallest absolute Gasteiger partial charge is 0.416 e. The number of phenols is 1. The average molecular weight is 619 g/mol. The number of hydrogen-bond donors (Lipinski definition) is 2. The van der Waals surface area contributed by atoms with Crippen LogP contribution in [0.2, 0.25) is 0 Å². The van der Waals surface area contributed by atoms with Crippen LogP contribution < -0.4 is 4.74 Å². The van der Waals surface area contributed by atoms with Crippen molar-refractivity contribution in [2.24, 2.45) is 5.92 Å². The molecule has 4 aliphatic rings. The Morgan fingerprint density at radius 2 is 1.91 bits per heavy atom. The number of rotatable bonds is 6. The summed E-state index contributed by atoms with van der Waals surface area (Å²) in [6, 6.07) is 18.2. The third-order valence-corrected chi connectivity index (χ3v) is 10.9. The number of likely N-dealkylation sites (tertiary alicyclic amines) is 1. The molecule has 0 radical (unpaired) electrons. The SMILES string of the molecule is C[C@@H]1C[C@@]2(O)[C@H]3Cc4ccc(O)c5c4[C@@]2(CCN3CCc2ccccc2)[C@@H](O5)[C@H]1N(C)C(=O)C=Cc1cccc(C(F)(F)F)c1. The van der Waals surface area contributed by atoms with Gasteiger partial charge in [0.2, 0.25) is 5.91 Å². The number of phenolic OH excluding ortho intramolecular Hbond substituents is 1. The predicted molar refractivity (Wildman–Crippen MR) is 164 cm³/mol. The van der Waals surface area contributed by atoms with Crippen LogP contribution in [0.3, 0.4) is 0 Å². The first-order valence-electron chi connectivity index (χ1n) is 15.6. The number of piperidine rings is 1. The van der Waals surface area contributed by atoms with Crippen LogP contribution in [-0.4, -0.2) is 69.8 Å². The van der Waals surface area contributed by atoms with Crippen LogP contribution >= 0.6 is 0 Å². The zero-order valence-corrected chi connectivity index (χ0v) is 25.3. The molecule has 0 unspecified atom stereocenters. The molecule has 1 saturated carbocycles. The topological polar surface area (TPSA) is 73.2 Å². The van der Waals surface area contributed by atoms with Crippen molar-refractivity contribution in [1.82, 2.24) is 9.80 Å². The van der Waals surface area contributed by atoms with E-state index >= 15 is 0 Å². The number of ether oxygens (including phenoxy) is 1. The van der Waals surface area contributed by atoms with E-state index in [0.717, 1.165) is 42.8 Å². The van der Waals surface area contributed by atoms with Crippen molar-refractivity contribution in [3.8, 4) is 11.5 Å². The molecule has 1 saturated heterocycles. The van der Waals surface area contributed by atoms with Crippen LogP contribution in [0.25, 0.3) is 6.08 Å². The molecule has 2 bridgehead atoms. The first kappa shape index (κ1) is 29.9. The number of hydrogen-bond acceptors (Lipinski definition) is 5. The minimum absolute atomic E-state index is 0.0228. The van der Waals surface area contributed by atoms with Gasteiger partial charge in [-0.25, -0.2) is 0 Å². The van der Waals surface area contributed by atoms with E-state index in [2.05, 4.69) is 17.0 Å². The highest BCUT2D eigenvalue weighted by atomic mass is 19.4. The van der Waals surface area contributed by atoms with Gasteiger partial charge in [-0.2, -0.15) is 13.2 Å². The summed E-state index contributed by atoms with van der Waals surface area (Å²) in [7, 11) is 1.68. The first-order valence-corrected chi connectivity index (χ1v) is 15.6. The summed E-state index contributed by atoms with van der Waals surface area (Å²) in [4.78, 5) is 17.6. The summed E-state index contributed by atoms with van der Waals surface area (Å²) in [6.45, 7) is 3.55. The van der Waals surface area contributed by atoms with Gasteiger partial charge in [0.1, 0.15) is 6.10 Å². The highest BCUT2D eigenvalue weighted by Crippen LogP contribution is 2.66. The summed E-state index contributed by atoms with van der Waals surface area (Å²) in [5.74, 6) is -0.123. The highest BCUT2D eigenvalue weighted by Gasteiger charge is 2.74. The third kappa shape index (κ3) is 4.57. The molecule has 2 fully saturated rings. The third-order valence-electron chi connectivity index (χ3n) is 10.9. The maximum Gasteiger partial charge on any atom is 0.416 e. The first-order chi connectivity index (χ1) is 21.4. The maximum atomic E-state index is 13.6. The van der Waals surface area contributed by atoms with Gasteiger partial charge in [0, 0.05) is 31.3 Å². The number of carbonyl (C=O) groups excluding carboxylic acids is 1. The number of amides is 1. The van der Waals surface area contributed by atoms with E-state index in [1.165, 1.54) is 29.8 Å². The van der Waals surface area contributed by atoms with E-state index in [4.69, 9.17) is 4.74 Å². The number of benzene rings is 3. The summed E-state index contributed by atoms with van der Waals surface area (Å²) in [6.07, 6.45) is 0.143. The van der Waals surface area contributed by atoms with Crippen molar-refractivity contribution in [2.45, 2.75) is 68.0 Å². The standard InChI is InChI=1S/C36H37F3N2O4/c1-22-21-35(44)28-20-25-12-13-27(42)32-30(25)34(35,16-18-41(28)17-15-23-7-4-3-5-8-23)33(45-32)31(22)40(2)29(43)14-11-24-9-6-10-26(19-24)36(37,38)39/h3-14,19,22,28,31,33,42,44H,15-18,20-21H2,1-2H3/t22-,28-,31+,33+,34+,35-/m1/s1. The van der Waals surface area contributed by atoms with Crippen LogP contribution in [0.15, 0.2) is 72.8 Å². The zero-order valence-electron chi connectivity index (χ0n) is 25.3. The summed E-state index contributed by atoms with van der Waals surface area (Å²) in [5.41, 5.74) is 0.687. The van der Waals surface area contributed by atoms with E-state index in [0.29, 0.717) is 25.0 Å². The molecule has 45 heavy (non-hydrogen) atoms. The predicted octanol–water partition coefficient (Wildman–Crippen LogP) is 5.59. The Morgan fingerprint density at radius 1 is 1.13 bits per heavy atom. The van der Waals surface area contributed by atoms with Crippen molar-refractivity contribution in [2.75, 3.05) is 20.1 Å². The summed E-state index contributed by atoms with van der Waals surface area (Å²) in [5, 5.41) is 23.9. The zero-order chi connectivity index (χ0) is 31.7. The Hall–Kier alpha value is -3.82. The quantitative estimate of drug-likeness (QED) is 0.353. The van der Waals surface area contributed by atoms with Crippen LogP contribution in [0, 0.1) is 5.92 Å². The number of alkyl halides is 3. The Balaban J connectivity index is 1.21. The van der Waals surface area contributed by atoms with Crippen LogP contribution in [0.1, 0.15) is 47.6 Å². The van der Waals surface area contributed by atoms with Gasteiger partial charge in [-0.05, 0) is 79.1 Å². The normalized spacial score (nSPS) is 30.2. The second kappa shape index (κ2) is 10.6. The number of nitrogens with zero attached hydrogens (tertiary/aromatic N) is 2. The van der Waals surface area contributed by atoms with Gasteiger partial charge in [-0.15, -0.1) is 0 Å². The Labute approximate surface area is 260 Å². The van der Waals surface area contributed by atoms with Gasteiger partial charge in [0.05, 0.1) is 22.6 Å². The van der Waals surface area contributed by atoms with Crippen molar-refractivity contribution < 1.29 is 32.9 Å². The maximum absolute atomic E-state index is 13.6. The summed E-state index contributed by atoms with van der Waals surface area (Å²) >= 11 is 0. The van der Waals surface area contributed by atoms with Gasteiger partial charge >= 0.3 is 6.18 Å². The molecule has 9 heteroatoms. The molecule has 236 valence electrons. The monoisotopic (exact) mass is 618 g/mol. The molecular formula is C36H37F3N2O4. The molecule has 2 heterocycles. The van der Waals surface area contributed by atoms with E-state index in [1.54, 1.807) is 18.0 Å². The number of aliphatic hydroxyl groups is 1. The van der Waals surface area contributed by atoms with Crippen molar-refractivity contribution in [3.63, 3.8) is 0 Å². The largest absolute Gasteiger partial charge is 0.504 e. The molecule has 6 atom stereocenters. The van der Waals surface area contributed by atoms with Crippen LogP contribution in [0.5, 0.6) is 11.5 Å². The van der Waals surface area contributed by atoms with E-state index in [1.807, 2.05) is 31.2 Å². The number of aromatic hydroxyl groups is 1. The average Bonchev–Trinajstić information content (AvgIpc) is 3.36. The van der Waals surface area contributed by atoms with Crippen molar-refractivity contribution in [3.05, 3.63) is 101 Å². The fraction of sp³-hybridized carbons (Fsp3) is 0.417. The van der Waals surface area contributed by atoms with E-state index in [-0.39, 0.29) is 29.2 Å². The van der Waals surface area contributed by atoms with Crippen LogP contribution in [-0.2, 0) is 29.2 Å². The molecular weight excluding hydrogens is 581 g/mol. The number of carbonyl (C=O) groups is 1. The number of likely N-dealkylation sites (N-methyl/N-ethyl adjacent to an activating group) is 1. The van der Waals surface area contributed by atoms with Gasteiger partial charge in [0.15, 0.2) is 11.5 Å². The molecule has 7 rings (SSSR count). The van der Waals surface area contributed by atoms with E-state index < -0.39 is 34.9 Å². The second-order valence-electron chi connectivity index (χ2n) is 13.2. The molecule has 1 amide bonds. The second-order valence-corrected chi connectivity index (χ2v) is 13.2. The van der Waals surface area contributed by atoms with Crippen molar-refractivity contribution >= 4 is 12.0 Å². The van der Waals surface area contributed by atoms with Gasteiger partial charge in [-0.1, -0.05) is 55.5 Å². The molecule has 2 aliphatic heterocycles. The minimum Gasteiger partial charge on any atom is -0.504 e. The lowest BCUT2D eigenvalue weighted by molar-refractivity contribution is -0.211. The lowest BCUT2D eigenvalue weighted by atomic mass is 9.46. The van der Waals surface area contributed by atoms with Gasteiger partial charge in [0.25, 0.3) is 0 Å². The molecule has 1 spiro atoms. The van der Waals surface area contributed by atoms with E-state index in [9.17, 15) is 28.2 Å². The number of halogens is 3. The molecule has 0 aromatic heterocycles. The van der Waals surface area contributed by atoms with Gasteiger partial charge in [-0.3, -0.25) is 9.69 Å². The Kier molecular flexibility index (Phi) is 7.05. The molecule has 2 N–H and O–H groups in total. The molecule has 3 aromatic rings. The van der Waals surface area contributed by atoms with Crippen molar-refractivity contribution in [1.29, 1.82) is 0 Å². The Bertz CT molecular complexity index is 1660. The van der Waals surface area contributed by atoms with Crippen LogP contribution in [0.4, 0.5) is 13.2 Å². The molecule has 2 aliphatic carbocycles. The lowest BCUT2D eigenvalue weighted by Crippen LogP contribution is -2.79. The summed E-state index contributed by atoms with van der Waals surface area (Å²) < 4.78 is 46.3. The molecule has 3 aromatic carbocycles. The minimum atomic E-state index is -4.48.